The Kier molecular flexibility index (Phi) is 3.92. The molecule has 0 aliphatic carbocycles. The summed E-state index contributed by atoms with van der Waals surface area (Å²) in [6, 6.07) is 9.41. The number of benzene rings is 1. The van der Waals surface area contributed by atoms with Crippen molar-refractivity contribution in [1.29, 1.82) is 0 Å². The number of non-ortho nitro benzene ring substituents is 1. The van der Waals surface area contributed by atoms with Gasteiger partial charge in [-0.05, 0) is 18.2 Å². The normalized spacial score (nSPS) is 10.7. The first-order chi connectivity index (χ1) is 9.60. The Hall–Kier alpha value is -2.93. The minimum Gasteiger partial charge on any atom is -0.457 e. The largest absolute Gasteiger partial charge is 0.457 e. The molecule has 0 saturated carbocycles. The van der Waals surface area contributed by atoms with E-state index in [0.717, 1.165) is 0 Å². The Balaban J connectivity index is 2.24. The van der Waals surface area contributed by atoms with Crippen LogP contribution in [0.25, 0.3) is 17.4 Å². The second kappa shape index (κ2) is 5.81. The van der Waals surface area contributed by atoms with Crippen LogP contribution in [0.15, 0.2) is 46.9 Å². The zero-order valence-electron chi connectivity index (χ0n) is 10.3. The summed E-state index contributed by atoms with van der Waals surface area (Å²) < 4.78 is 5.47. The Labute approximate surface area is 113 Å². The second-order valence-corrected chi connectivity index (χ2v) is 3.85. The molecule has 0 aliphatic heterocycles. The molecule has 3 N–H and O–H groups in total. The third kappa shape index (κ3) is 3.09. The van der Waals surface area contributed by atoms with Crippen LogP contribution in [0.4, 0.5) is 5.69 Å². The second-order valence-electron chi connectivity index (χ2n) is 3.85. The van der Waals surface area contributed by atoms with Crippen molar-refractivity contribution in [2.45, 2.75) is 0 Å². The molecule has 1 aromatic carbocycles. The molecule has 0 saturated heterocycles. The summed E-state index contributed by atoms with van der Waals surface area (Å²) in [6.45, 7) is 0. The van der Waals surface area contributed by atoms with Crippen LogP contribution in [0.2, 0.25) is 0 Å². The third-order valence-electron chi connectivity index (χ3n) is 2.51. The van der Waals surface area contributed by atoms with Crippen molar-refractivity contribution in [2.75, 3.05) is 0 Å². The molecule has 0 radical (unpaired) electrons. The predicted molar refractivity (Wildman–Crippen MR) is 72.2 cm³/mol. The zero-order chi connectivity index (χ0) is 14.5. The molecule has 2 rings (SSSR count). The number of carbonyl (C=O) groups excluding carboxylic acids is 1. The SMILES string of the molecule is NNC(=O)/C=C/c1ccc(-c2cccc([N+](=O)[O-])c2)o1. The quantitative estimate of drug-likeness (QED) is 0.290. The van der Waals surface area contributed by atoms with Gasteiger partial charge in [-0.1, -0.05) is 12.1 Å². The Morgan fingerprint density at radius 3 is 2.85 bits per heavy atom. The van der Waals surface area contributed by atoms with E-state index in [1.54, 1.807) is 24.3 Å². The summed E-state index contributed by atoms with van der Waals surface area (Å²) >= 11 is 0. The molecular formula is C13H11N3O4. The van der Waals surface area contributed by atoms with Gasteiger partial charge in [0, 0.05) is 23.8 Å². The number of hydrogen-bond acceptors (Lipinski definition) is 5. The molecule has 20 heavy (non-hydrogen) atoms. The Morgan fingerprint density at radius 2 is 2.15 bits per heavy atom. The maximum Gasteiger partial charge on any atom is 0.270 e. The number of nitrogens with one attached hydrogen (secondary N) is 1. The highest BCUT2D eigenvalue weighted by Crippen LogP contribution is 2.26. The summed E-state index contributed by atoms with van der Waals surface area (Å²) in [7, 11) is 0. The van der Waals surface area contributed by atoms with E-state index in [9.17, 15) is 14.9 Å². The molecule has 0 atom stereocenters. The van der Waals surface area contributed by atoms with E-state index in [-0.39, 0.29) is 5.69 Å². The fourth-order valence-corrected chi connectivity index (χ4v) is 1.58. The summed E-state index contributed by atoms with van der Waals surface area (Å²) in [5.41, 5.74) is 2.52. The number of nitro benzene ring substituents is 1. The summed E-state index contributed by atoms with van der Waals surface area (Å²) in [4.78, 5) is 21.2. The monoisotopic (exact) mass is 273 g/mol. The smallest absolute Gasteiger partial charge is 0.270 e. The number of amides is 1. The van der Waals surface area contributed by atoms with Crippen LogP contribution >= 0.6 is 0 Å². The number of hydrazine groups is 1. The summed E-state index contributed by atoms with van der Waals surface area (Å²) in [5, 5.41) is 10.7. The van der Waals surface area contributed by atoms with E-state index in [2.05, 4.69) is 0 Å². The summed E-state index contributed by atoms with van der Waals surface area (Å²) in [6.07, 6.45) is 2.67. The lowest BCUT2D eigenvalue weighted by atomic mass is 10.1. The first kappa shape index (κ1) is 13.5. The molecule has 1 amide bonds. The van der Waals surface area contributed by atoms with Crippen molar-refractivity contribution in [1.82, 2.24) is 5.43 Å². The molecule has 0 aliphatic rings. The van der Waals surface area contributed by atoms with Crippen LogP contribution in [-0.4, -0.2) is 10.8 Å². The van der Waals surface area contributed by atoms with Gasteiger partial charge in [0.05, 0.1) is 4.92 Å². The molecule has 2 aromatic rings. The first-order valence-electron chi connectivity index (χ1n) is 5.63. The predicted octanol–water partition coefficient (Wildman–Crippen LogP) is 1.86. The van der Waals surface area contributed by atoms with E-state index in [1.165, 1.54) is 24.3 Å². The zero-order valence-corrected chi connectivity index (χ0v) is 10.3. The van der Waals surface area contributed by atoms with E-state index in [1.807, 2.05) is 5.43 Å². The van der Waals surface area contributed by atoms with Gasteiger partial charge >= 0.3 is 0 Å². The standard InChI is InChI=1S/C13H11N3O4/c14-15-13(17)7-5-11-4-6-12(20-11)9-2-1-3-10(8-9)16(18)19/h1-8H,14H2,(H,15,17)/b7-5+. The van der Waals surface area contributed by atoms with Crippen LogP contribution in [0.3, 0.4) is 0 Å². The molecular weight excluding hydrogens is 262 g/mol. The van der Waals surface area contributed by atoms with Gasteiger partial charge in [0.15, 0.2) is 0 Å². The van der Waals surface area contributed by atoms with Gasteiger partial charge in [-0.25, -0.2) is 5.84 Å². The molecule has 0 fully saturated rings. The number of carbonyl (C=O) groups is 1. The molecule has 102 valence electrons. The van der Waals surface area contributed by atoms with Crippen LogP contribution in [0.5, 0.6) is 0 Å². The van der Waals surface area contributed by atoms with E-state index in [4.69, 9.17) is 10.3 Å². The topological polar surface area (TPSA) is 111 Å². The fourth-order valence-electron chi connectivity index (χ4n) is 1.58. The van der Waals surface area contributed by atoms with Crippen LogP contribution in [-0.2, 0) is 4.79 Å². The van der Waals surface area contributed by atoms with Gasteiger partial charge in [0.1, 0.15) is 11.5 Å². The minimum absolute atomic E-state index is 0.0153. The highest BCUT2D eigenvalue weighted by atomic mass is 16.6. The molecule has 0 bridgehead atoms. The molecule has 1 heterocycles. The molecule has 0 unspecified atom stereocenters. The van der Waals surface area contributed by atoms with Crippen molar-refractivity contribution in [3.05, 3.63) is 58.3 Å². The number of furan rings is 1. The first-order valence-corrected chi connectivity index (χ1v) is 5.63. The van der Waals surface area contributed by atoms with Gasteiger partial charge in [-0.15, -0.1) is 0 Å². The van der Waals surface area contributed by atoms with Crippen molar-refractivity contribution in [2.24, 2.45) is 5.84 Å². The van der Waals surface area contributed by atoms with Crippen molar-refractivity contribution >= 4 is 17.7 Å². The summed E-state index contributed by atoms with van der Waals surface area (Å²) in [5.74, 6) is 5.39. The molecule has 0 spiro atoms. The lowest BCUT2D eigenvalue weighted by molar-refractivity contribution is -0.384. The Bertz CT molecular complexity index is 676. The van der Waals surface area contributed by atoms with E-state index >= 15 is 0 Å². The van der Waals surface area contributed by atoms with Crippen molar-refractivity contribution < 1.29 is 14.1 Å². The van der Waals surface area contributed by atoms with Crippen molar-refractivity contribution in [3.63, 3.8) is 0 Å². The van der Waals surface area contributed by atoms with Crippen LogP contribution < -0.4 is 11.3 Å². The van der Waals surface area contributed by atoms with Crippen LogP contribution in [0, 0.1) is 10.1 Å². The van der Waals surface area contributed by atoms with Gasteiger partial charge in [-0.3, -0.25) is 20.3 Å². The number of nitrogens with zero attached hydrogens (tertiary/aromatic N) is 1. The molecule has 7 heteroatoms. The number of rotatable bonds is 4. The Morgan fingerprint density at radius 1 is 1.35 bits per heavy atom. The van der Waals surface area contributed by atoms with Gasteiger partial charge in [0.2, 0.25) is 0 Å². The number of nitro groups is 1. The maximum absolute atomic E-state index is 10.9. The van der Waals surface area contributed by atoms with E-state index < -0.39 is 10.8 Å². The van der Waals surface area contributed by atoms with Gasteiger partial charge < -0.3 is 4.42 Å². The van der Waals surface area contributed by atoms with Gasteiger partial charge in [0.25, 0.3) is 11.6 Å². The number of nitrogens with two attached hydrogens (primary N) is 1. The lowest BCUT2D eigenvalue weighted by Crippen LogP contribution is -2.27. The highest BCUT2D eigenvalue weighted by molar-refractivity contribution is 5.90. The average Bonchev–Trinajstić information content (AvgIpc) is 2.93. The molecule has 7 nitrogen and oxygen atoms in total. The van der Waals surface area contributed by atoms with Crippen molar-refractivity contribution in [3.8, 4) is 11.3 Å². The van der Waals surface area contributed by atoms with Gasteiger partial charge in [-0.2, -0.15) is 0 Å². The molecule has 1 aromatic heterocycles. The highest BCUT2D eigenvalue weighted by Gasteiger charge is 2.09. The van der Waals surface area contributed by atoms with Crippen LogP contribution in [0.1, 0.15) is 5.76 Å². The average molecular weight is 273 g/mol. The maximum atomic E-state index is 10.9. The lowest BCUT2D eigenvalue weighted by Gasteiger charge is -1.96. The third-order valence-corrected chi connectivity index (χ3v) is 2.51. The van der Waals surface area contributed by atoms with E-state index in [0.29, 0.717) is 17.1 Å². The fraction of sp³-hybridized carbons (Fsp3) is 0. The number of hydrogen-bond donors (Lipinski definition) is 2. The minimum atomic E-state index is -0.473.